The lowest BCUT2D eigenvalue weighted by Gasteiger charge is -2.35. The molecule has 1 rings (SSSR count). The summed E-state index contributed by atoms with van der Waals surface area (Å²) in [6.07, 6.45) is 2.79. The fraction of sp³-hybridized carbons (Fsp3) is 0.929. The summed E-state index contributed by atoms with van der Waals surface area (Å²) in [5.74, 6) is 0.727. The van der Waals surface area contributed by atoms with Gasteiger partial charge in [-0.2, -0.15) is 0 Å². The molecular weight excluding hydrogens is 228 g/mol. The molecule has 0 aromatic heterocycles. The number of nitrogens with one attached hydrogen (secondary N) is 1. The quantitative estimate of drug-likeness (QED) is 0.813. The SMILES string of the molecule is CC1CCN(C(=O)NC(CCO)C(C)(C)C)CC1. The van der Waals surface area contributed by atoms with Gasteiger partial charge in [0.25, 0.3) is 0 Å². The molecule has 4 nitrogen and oxygen atoms in total. The zero-order valence-corrected chi connectivity index (χ0v) is 12.2. The van der Waals surface area contributed by atoms with E-state index in [1.165, 1.54) is 0 Å². The monoisotopic (exact) mass is 256 g/mol. The van der Waals surface area contributed by atoms with Gasteiger partial charge < -0.3 is 15.3 Å². The zero-order valence-electron chi connectivity index (χ0n) is 12.2. The Kier molecular flexibility index (Phi) is 5.45. The molecule has 1 aliphatic heterocycles. The van der Waals surface area contributed by atoms with Crippen LogP contribution in [0.1, 0.15) is 47.0 Å². The molecule has 0 bridgehead atoms. The smallest absolute Gasteiger partial charge is 0.317 e. The van der Waals surface area contributed by atoms with E-state index in [0.717, 1.165) is 31.8 Å². The van der Waals surface area contributed by atoms with Crippen LogP contribution in [0.2, 0.25) is 0 Å². The third-order valence-electron chi connectivity index (χ3n) is 3.83. The number of aliphatic hydroxyl groups is 1. The highest BCUT2D eigenvalue weighted by atomic mass is 16.3. The molecule has 0 aromatic carbocycles. The molecular formula is C14H28N2O2. The lowest BCUT2D eigenvalue weighted by Crippen LogP contribution is -2.51. The van der Waals surface area contributed by atoms with E-state index in [2.05, 4.69) is 33.0 Å². The molecule has 0 spiro atoms. The summed E-state index contributed by atoms with van der Waals surface area (Å²) in [5, 5.41) is 12.2. The number of hydrogen-bond acceptors (Lipinski definition) is 2. The molecule has 1 atom stereocenters. The lowest BCUT2D eigenvalue weighted by atomic mass is 9.85. The van der Waals surface area contributed by atoms with Crippen molar-refractivity contribution in [1.29, 1.82) is 0 Å². The summed E-state index contributed by atoms with van der Waals surface area (Å²) in [6.45, 7) is 10.3. The molecule has 2 amide bonds. The first-order chi connectivity index (χ1) is 8.34. The lowest BCUT2D eigenvalue weighted by molar-refractivity contribution is 0.150. The molecule has 1 heterocycles. The van der Waals surface area contributed by atoms with Crippen molar-refractivity contribution in [3.63, 3.8) is 0 Å². The maximum absolute atomic E-state index is 12.2. The number of hydrogen-bond donors (Lipinski definition) is 2. The minimum absolute atomic E-state index is 0.0225. The molecule has 106 valence electrons. The molecule has 1 aliphatic rings. The highest BCUT2D eigenvalue weighted by Gasteiger charge is 2.28. The van der Waals surface area contributed by atoms with Gasteiger partial charge in [-0.1, -0.05) is 27.7 Å². The average molecular weight is 256 g/mol. The van der Waals surface area contributed by atoms with Crippen molar-refractivity contribution >= 4 is 6.03 Å². The van der Waals surface area contributed by atoms with E-state index in [1.54, 1.807) is 0 Å². The van der Waals surface area contributed by atoms with E-state index in [-0.39, 0.29) is 24.1 Å². The number of rotatable bonds is 3. The normalized spacial score (nSPS) is 19.7. The van der Waals surface area contributed by atoms with E-state index < -0.39 is 0 Å². The second-order valence-corrected chi connectivity index (χ2v) is 6.55. The molecule has 1 unspecified atom stereocenters. The van der Waals surface area contributed by atoms with Crippen LogP contribution in [0.5, 0.6) is 0 Å². The summed E-state index contributed by atoms with van der Waals surface area (Å²) in [6, 6.07) is 0.0459. The average Bonchev–Trinajstić information content (AvgIpc) is 2.28. The van der Waals surface area contributed by atoms with Gasteiger partial charge in [0, 0.05) is 25.7 Å². The molecule has 1 saturated heterocycles. The van der Waals surface area contributed by atoms with Gasteiger partial charge in [-0.25, -0.2) is 4.79 Å². The Morgan fingerprint density at radius 3 is 2.39 bits per heavy atom. The number of likely N-dealkylation sites (tertiary alicyclic amines) is 1. The van der Waals surface area contributed by atoms with Crippen LogP contribution < -0.4 is 5.32 Å². The van der Waals surface area contributed by atoms with E-state index in [1.807, 2.05) is 4.90 Å². The standard InChI is InChI=1S/C14H28N2O2/c1-11-5-8-16(9-6-11)13(18)15-12(7-10-17)14(2,3)4/h11-12,17H,5-10H2,1-4H3,(H,15,18). The number of urea groups is 1. The summed E-state index contributed by atoms with van der Waals surface area (Å²) < 4.78 is 0. The molecule has 0 saturated carbocycles. The molecule has 2 N–H and O–H groups in total. The van der Waals surface area contributed by atoms with E-state index in [9.17, 15) is 4.79 Å². The van der Waals surface area contributed by atoms with Crippen molar-refractivity contribution in [1.82, 2.24) is 10.2 Å². The second-order valence-electron chi connectivity index (χ2n) is 6.55. The highest BCUT2D eigenvalue weighted by molar-refractivity contribution is 5.74. The molecule has 0 radical (unpaired) electrons. The molecule has 4 heteroatoms. The minimum Gasteiger partial charge on any atom is -0.396 e. The molecule has 18 heavy (non-hydrogen) atoms. The van der Waals surface area contributed by atoms with Crippen molar-refractivity contribution in [3.8, 4) is 0 Å². The van der Waals surface area contributed by atoms with Crippen LogP contribution >= 0.6 is 0 Å². The summed E-state index contributed by atoms with van der Waals surface area (Å²) >= 11 is 0. The van der Waals surface area contributed by atoms with Crippen LogP contribution in [-0.2, 0) is 0 Å². The van der Waals surface area contributed by atoms with Crippen LogP contribution in [0.15, 0.2) is 0 Å². The van der Waals surface area contributed by atoms with Gasteiger partial charge in [0.05, 0.1) is 0 Å². The van der Waals surface area contributed by atoms with Gasteiger partial charge in [-0.05, 0) is 30.6 Å². The second kappa shape index (κ2) is 6.41. The van der Waals surface area contributed by atoms with Crippen molar-refractivity contribution in [2.45, 2.75) is 53.0 Å². The Bertz CT molecular complexity index is 265. The highest BCUT2D eigenvalue weighted by Crippen LogP contribution is 2.22. The Balaban J connectivity index is 2.51. The maximum atomic E-state index is 12.2. The number of piperidine rings is 1. The number of aliphatic hydroxyl groups excluding tert-OH is 1. The predicted molar refractivity (Wildman–Crippen MR) is 73.4 cm³/mol. The first-order valence-corrected chi connectivity index (χ1v) is 7.01. The van der Waals surface area contributed by atoms with Crippen LogP contribution in [0.3, 0.4) is 0 Å². The Labute approximate surface area is 111 Å². The van der Waals surface area contributed by atoms with Gasteiger partial charge >= 0.3 is 6.03 Å². The summed E-state index contributed by atoms with van der Waals surface area (Å²) in [4.78, 5) is 14.1. The minimum atomic E-state index is -0.0263. The van der Waals surface area contributed by atoms with Gasteiger partial charge in [0.2, 0.25) is 0 Å². The first-order valence-electron chi connectivity index (χ1n) is 7.01. The maximum Gasteiger partial charge on any atom is 0.317 e. The van der Waals surface area contributed by atoms with Crippen molar-refractivity contribution in [2.24, 2.45) is 11.3 Å². The van der Waals surface area contributed by atoms with Gasteiger partial charge in [-0.15, -0.1) is 0 Å². The van der Waals surface area contributed by atoms with Gasteiger partial charge in [0.15, 0.2) is 0 Å². The Morgan fingerprint density at radius 1 is 1.39 bits per heavy atom. The third-order valence-corrected chi connectivity index (χ3v) is 3.83. The van der Waals surface area contributed by atoms with Gasteiger partial charge in [-0.3, -0.25) is 0 Å². The van der Waals surface area contributed by atoms with Crippen molar-refractivity contribution in [2.75, 3.05) is 19.7 Å². The van der Waals surface area contributed by atoms with Crippen molar-refractivity contribution in [3.05, 3.63) is 0 Å². The third kappa shape index (κ3) is 4.48. The zero-order chi connectivity index (χ0) is 13.8. The van der Waals surface area contributed by atoms with E-state index in [4.69, 9.17) is 5.11 Å². The van der Waals surface area contributed by atoms with Crippen LogP contribution in [0.25, 0.3) is 0 Å². The van der Waals surface area contributed by atoms with Crippen LogP contribution in [0.4, 0.5) is 4.79 Å². The largest absolute Gasteiger partial charge is 0.396 e. The fourth-order valence-electron chi connectivity index (χ4n) is 2.30. The molecule has 0 aliphatic carbocycles. The first kappa shape index (κ1) is 15.3. The number of carbonyl (C=O) groups is 1. The van der Waals surface area contributed by atoms with E-state index in [0.29, 0.717) is 6.42 Å². The molecule has 0 aromatic rings. The van der Waals surface area contributed by atoms with E-state index >= 15 is 0 Å². The number of amides is 2. The molecule has 1 fully saturated rings. The Hall–Kier alpha value is -0.770. The number of nitrogens with zero attached hydrogens (tertiary/aromatic N) is 1. The summed E-state index contributed by atoms with van der Waals surface area (Å²) in [5.41, 5.74) is -0.0263. The Morgan fingerprint density at radius 2 is 1.94 bits per heavy atom. The predicted octanol–water partition coefficient (Wildman–Crippen LogP) is 2.23. The topological polar surface area (TPSA) is 52.6 Å². The fourth-order valence-corrected chi connectivity index (χ4v) is 2.30. The summed E-state index contributed by atoms with van der Waals surface area (Å²) in [7, 11) is 0. The van der Waals surface area contributed by atoms with Crippen LogP contribution in [-0.4, -0.2) is 41.8 Å². The van der Waals surface area contributed by atoms with Gasteiger partial charge in [0.1, 0.15) is 0 Å². The van der Waals surface area contributed by atoms with Crippen LogP contribution in [0, 0.1) is 11.3 Å². The van der Waals surface area contributed by atoms with Crippen molar-refractivity contribution < 1.29 is 9.90 Å². The number of carbonyl (C=O) groups excluding carboxylic acids is 1.